The molecule has 0 saturated carbocycles. The zero-order valence-electron chi connectivity index (χ0n) is 11.9. The fourth-order valence-corrected chi connectivity index (χ4v) is 3.03. The highest BCUT2D eigenvalue weighted by atomic mass is 35.5. The lowest BCUT2D eigenvalue weighted by atomic mass is 10.1. The molecule has 0 aliphatic carbocycles. The van der Waals surface area contributed by atoms with E-state index in [0.717, 1.165) is 17.0 Å². The van der Waals surface area contributed by atoms with Crippen molar-refractivity contribution in [3.63, 3.8) is 0 Å². The summed E-state index contributed by atoms with van der Waals surface area (Å²) in [7, 11) is 0. The van der Waals surface area contributed by atoms with Crippen LogP contribution < -0.4 is 10.6 Å². The van der Waals surface area contributed by atoms with Gasteiger partial charge in [0, 0.05) is 22.5 Å². The average Bonchev–Trinajstić information content (AvgIpc) is 2.98. The maximum Gasteiger partial charge on any atom is 0.233 e. The van der Waals surface area contributed by atoms with E-state index in [2.05, 4.69) is 16.7 Å². The molecule has 0 aliphatic heterocycles. The summed E-state index contributed by atoms with van der Waals surface area (Å²) in [5.41, 5.74) is 1.01. The Morgan fingerprint density at radius 1 is 1.29 bits per heavy atom. The normalized spacial score (nSPS) is 12.1. The fraction of sp³-hybridized carbons (Fsp3) is 0.312. The van der Waals surface area contributed by atoms with Gasteiger partial charge < -0.3 is 10.6 Å². The van der Waals surface area contributed by atoms with Gasteiger partial charge in [-0.05, 0) is 36.4 Å². The Morgan fingerprint density at radius 2 is 2.10 bits per heavy atom. The molecule has 0 fully saturated rings. The number of benzene rings is 1. The summed E-state index contributed by atoms with van der Waals surface area (Å²) >= 11 is 7.85. The minimum Gasteiger partial charge on any atom is -0.355 e. The molecule has 0 aliphatic rings. The van der Waals surface area contributed by atoms with Crippen LogP contribution >= 0.6 is 22.9 Å². The number of carbonyl (C=O) groups excluding carboxylic acids is 1. The molecule has 2 aromatic rings. The van der Waals surface area contributed by atoms with Crippen LogP contribution in [0.15, 0.2) is 41.8 Å². The second-order valence-corrected chi connectivity index (χ2v) is 6.24. The average molecular weight is 323 g/mol. The van der Waals surface area contributed by atoms with Gasteiger partial charge >= 0.3 is 0 Å². The van der Waals surface area contributed by atoms with Crippen LogP contribution in [0.5, 0.6) is 0 Å². The lowest BCUT2D eigenvalue weighted by Gasteiger charge is -2.15. The van der Waals surface area contributed by atoms with Gasteiger partial charge in [-0.3, -0.25) is 4.79 Å². The van der Waals surface area contributed by atoms with Crippen molar-refractivity contribution in [1.82, 2.24) is 10.6 Å². The van der Waals surface area contributed by atoms with Crippen LogP contribution in [0.4, 0.5) is 0 Å². The maximum absolute atomic E-state index is 11.8. The highest BCUT2D eigenvalue weighted by Crippen LogP contribution is 2.21. The summed E-state index contributed by atoms with van der Waals surface area (Å²) in [4.78, 5) is 13.1. The van der Waals surface area contributed by atoms with Gasteiger partial charge in [-0.25, -0.2) is 0 Å². The van der Waals surface area contributed by atoms with Crippen LogP contribution in [-0.2, 0) is 11.2 Å². The van der Waals surface area contributed by atoms with Crippen LogP contribution in [0.1, 0.15) is 23.4 Å². The van der Waals surface area contributed by atoms with Crippen molar-refractivity contribution in [2.75, 3.05) is 13.1 Å². The number of halogens is 1. The number of carbonyl (C=O) groups is 1. The molecule has 0 saturated heterocycles. The summed E-state index contributed by atoms with van der Waals surface area (Å²) in [6, 6.07) is 11.8. The molecule has 0 radical (unpaired) electrons. The van der Waals surface area contributed by atoms with Crippen molar-refractivity contribution in [2.45, 2.75) is 19.4 Å². The molecule has 0 spiro atoms. The Kier molecular flexibility index (Phi) is 6.23. The molecule has 0 bridgehead atoms. The number of nitrogens with one attached hydrogen (secondary N) is 2. The number of rotatable bonds is 7. The molecular weight excluding hydrogens is 304 g/mol. The van der Waals surface area contributed by atoms with E-state index in [1.165, 1.54) is 4.88 Å². The van der Waals surface area contributed by atoms with E-state index in [1.54, 1.807) is 11.3 Å². The van der Waals surface area contributed by atoms with Crippen LogP contribution in [0.2, 0.25) is 5.02 Å². The van der Waals surface area contributed by atoms with Crippen molar-refractivity contribution < 1.29 is 4.79 Å². The molecule has 21 heavy (non-hydrogen) atoms. The maximum atomic E-state index is 11.8. The third kappa shape index (κ3) is 5.16. The van der Waals surface area contributed by atoms with Gasteiger partial charge in [0.2, 0.25) is 5.91 Å². The summed E-state index contributed by atoms with van der Waals surface area (Å²) in [6.07, 6.45) is 0.878. The second kappa shape index (κ2) is 8.17. The van der Waals surface area contributed by atoms with Gasteiger partial charge in [-0.15, -0.1) is 11.3 Å². The molecule has 3 nitrogen and oxygen atoms in total. The van der Waals surface area contributed by atoms with Gasteiger partial charge in [0.1, 0.15) is 0 Å². The first-order chi connectivity index (χ1) is 10.2. The highest BCUT2D eigenvalue weighted by Gasteiger charge is 2.10. The van der Waals surface area contributed by atoms with E-state index in [9.17, 15) is 4.79 Å². The van der Waals surface area contributed by atoms with Gasteiger partial charge in [-0.2, -0.15) is 0 Å². The molecule has 5 heteroatoms. The Morgan fingerprint density at radius 3 is 2.81 bits per heavy atom. The minimum absolute atomic E-state index is 0.00506. The van der Waals surface area contributed by atoms with Crippen molar-refractivity contribution in [1.29, 1.82) is 0 Å². The van der Waals surface area contributed by atoms with Gasteiger partial charge in [0.25, 0.3) is 0 Å². The van der Waals surface area contributed by atoms with Gasteiger partial charge in [-0.1, -0.05) is 35.9 Å². The minimum atomic E-state index is 0.00506. The molecule has 1 aromatic carbocycles. The van der Waals surface area contributed by atoms with Crippen molar-refractivity contribution >= 4 is 28.8 Å². The van der Waals surface area contributed by atoms with E-state index in [0.29, 0.717) is 6.54 Å². The van der Waals surface area contributed by atoms with E-state index in [4.69, 9.17) is 11.6 Å². The first kappa shape index (κ1) is 16.0. The second-order valence-electron chi connectivity index (χ2n) is 4.80. The molecule has 112 valence electrons. The Labute approximate surface area is 134 Å². The summed E-state index contributed by atoms with van der Waals surface area (Å²) in [5, 5.41) is 8.87. The van der Waals surface area contributed by atoms with Crippen molar-refractivity contribution in [3.8, 4) is 0 Å². The first-order valence-electron chi connectivity index (χ1n) is 6.93. The summed E-state index contributed by atoms with van der Waals surface area (Å²) in [5.74, 6) is 0.00506. The standard InChI is InChI=1S/C16H19ClN2OS/c1-12(14-6-2-3-7-15(14)17)19-11-16(20)18-9-8-13-5-4-10-21-13/h2-7,10,12,19H,8-9,11H2,1H3,(H,18,20). The van der Waals surface area contributed by atoms with E-state index >= 15 is 0 Å². The zero-order chi connectivity index (χ0) is 15.1. The van der Waals surface area contributed by atoms with Gasteiger partial charge in [0.15, 0.2) is 0 Å². The Bertz CT molecular complexity index is 571. The predicted octanol–water partition coefficient (Wildman–Crippen LogP) is 3.41. The predicted molar refractivity (Wildman–Crippen MR) is 88.9 cm³/mol. The topological polar surface area (TPSA) is 41.1 Å². The highest BCUT2D eigenvalue weighted by molar-refractivity contribution is 7.09. The monoisotopic (exact) mass is 322 g/mol. The largest absolute Gasteiger partial charge is 0.355 e. The zero-order valence-corrected chi connectivity index (χ0v) is 13.5. The van der Waals surface area contributed by atoms with Crippen LogP contribution in [-0.4, -0.2) is 19.0 Å². The number of amides is 1. The molecule has 1 amide bonds. The number of thiophene rings is 1. The molecule has 2 N–H and O–H groups in total. The number of hydrogen-bond donors (Lipinski definition) is 2. The lowest BCUT2D eigenvalue weighted by molar-refractivity contribution is -0.120. The lowest BCUT2D eigenvalue weighted by Crippen LogP contribution is -2.36. The third-order valence-electron chi connectivity index (χ3n) is 3.21. The molecule has 1 heterocycles. The summed E-state index contributed by atoms with van der Waals surface area (Å²) in [6.45, 7) is 2.96. The van der Waals surface area contributed by atoms with Crippen LogP contribution in [0.3, 0.4) is 0 Å². The summed E-state index contributed by atoms with van der Waals surface area (Å²) < 4.78 is 0. The van der Waals surface area contributed by atoms with Crippen LogP contribution in [0, 0.1) is 0 Å². The van der Waals surface area contributed by atoms with Crippen molar-refractivity contribution in [3.05, 3.63) is 57.2 Å². The quantitative estimate of drug-likeness (QED) is 0.820. The molecule has 2 rings (SSSR count). The smallest absolute Gasteiger partial charge is 0.233 e. The van der Waals surface area contributed by atoms with Gasteiger partial charge in [0.05, 0.1) is 6.54 Å². The SMILES string of the molecule is CC(NCC(=O)NCCc1cccs1)c1ccccc1Cl. The molecular formula is C16H19ClN2OS. The Balaban J connectivity index is 1.70. The fourth-order valence-electron chi connectivity index (χ4n) is 2.02. The van der Waals surface area contributed by atoms with Crippen molar-refractivity contribution in [2.24, 2.45) is 0 Å². The van der Waals surface area contributed by atoms with E-state index in [1.807, 2.05) is 42.6 Å². The number of hydrogen-bond acceptors (Lipinski definition) is 3. The van der Waals surface area contributed by atoms with E-state index < -0.39 is 0 Å². The van der Waals surface area contributed by atoms with E-state index in [-0.39, 0.29) is 18.5 Å². The third-order valence-corrected chi connectivity index (χ3v) is 4.49. The first-order valence-corrected chi connectivity index (χ1v) is 8.19. The van der Waals surface area contributed by atoms with Crippen LogP contribution in [0.25, 0.3) is 0 Å². The molecule has 1 atom stereocenters. The Hall–Kier alpha value is -1.36. The molecule has 1 unspecified atom stereocenters. The molecule has 1 aromatic heterocycles.